The topological polar surface area (TPSA) is 35.8 Å². The molecule has 0 amide bonds. The molecule has 0 radical (unpaired) electrons. The second kappa shape index (κ2) is 10.1. The van der Waals surface area contributed by atoms with Crippen LogP contribution in [0.25, 0.3) is 5.57 Å². The summed E-state index contributed by atoms with van der Waals surface area (Å²) in [5.74, 6) is 0. The molecule has 27 heavy (non-hydrogen) atoms. The van der Waals surface area contributed by atoms with Gasteiger partial charge in [-0.05, 0) is 53.8 Å². The van der Waals surface area contributed by atoms with Crippen LogP contribution in [0.4, 0.5) is 0 Å². The summed E-state index contributed by atoms with van der Waals surface area (Å²) in [6, 6.07) is 31.0. The van der Waals surface area contributed by atoms with Crippen molar-refractivity contribution in [3.8, 4) is 6.07 Å². The van der Waals surface area contributed by atoms with Crippen LogP contribution in [0.5, 0.6) is 0 Å². The predicted octanol–water partition coefficient (Wildman–Crippen LogP) is 5.56. The van der Waals surface area contributed by atoms with Gasteiger partial charge in [0.1, 0.15) is 0 Å². The Kier molecular flexibility index (Phi) is 6.98. The van der Waals surface area contributed by atoms with E-state index >= 15 is 0 Å². The Hall–Kier alpha value is -3.15. The van der Waals surface area contributed by atoms with Gasteiger partial charge in [0.25, 0.3) is 0 Å². The first kappa shape index (κ1) is 18.6. The normalized spacial score (nSPS) is 10.2. The van der Waals surface area contributed by atoms with Gasteiger partial charge in [0.15, 0.2) is 0 Å². The van der Waals surface area contributed by atoms with Crippen LogP contribution in [0.1, 0.15) is 35.1 Å². The van der Waals surface area contributed by atoms with Crippen molar-refractivity contribution in [1.82, 2.24) is 5.32 Å². The summed E-state index contributed by atoms with van der Waals surface area (Å²) in [5.41, 5.74) is 5.73. The molecule has 0 aliphatic rings. The SMILES string of the molecule is N#Cc1ccc(CNCCCC=C(c2ccccc2)c2ccccc2)cc1. The molecule has 0 atom stereocenters. The minimum atomic E-state index is 0.707. The quantitative estimate of drug-likeness (QED) is 0.539. The first-order chi connectivity index (χ1) is 13.4. The zero-order valence-electron chi connectivity index (χ0n) is 15.4. The van der Waals surface area contributed by atoms with Gasteiger partial charge in [-0.15, -0.1) is 0 Å². The Balaban J connectivity index is 1.53. The predicted molar refractivity (Wildman–Crippen MR) is 112 cm³/mol. The third kappa shape index (κ3) is 5.67. The second-order valence-electron chi connectivity index (χ2n) is 6.48. The molecule has 3 aromatic carbocycles. The molecule has 0 unspecified atom stereocenters. The summed E-state index contributed by atoms with van der Waals surface area (Å²) in [6.07, 6.45) is 4.45. The Morgan fingerprint density at radius 1 is 0.815 bits per heavy atom. The van der Waals surface area contributed by atoms with Crippen molar-refractivity contribution in [1.29, 1.82) is 5.26 Å². The number of hydrogen-bond acceptors (Lipinski definition) is 2. The monoisotopic (exact) mass is 352 g/mol. The lowest BCUT2D eigenvalue weighted by Crippen LogP contribution is -2.14. The number of unbranched alkanes of at least 4 members (excludes halogenated alkanes) is 1. The van der Waals surface area contributed by atoms with Crippen molar-refractivity contribution < 1.29 is 0 Å². The molecule has 0 saturated heterocycles. The summed E-state index contributed by atoms with van der Waals surface area (Å²) in [7, 11) is 0. The maximum absolute atomic E-state index is 8.84. The lowest BCUT2D eigenvalue weighted by molar-refractivity contribution is 0.655. The average molecular weight is 352 g/mol. The first-order valence-corrected chi connectivity index (χ1v) is 9.37. The molecule has 0 bridgehead atoms. The average Bonchev–Trinajstić information content (AvgIpc) is 2.75. The fraction of sp³-hybridized carbons (Fsp3) is 0.160. The summed E-state index contributed by atoms with van der Waals surface area (Å²) >= 11 is 0. The highest BCUT2D eigenvalue weighted by Gasteiger charge is 2.03. The smallest absolute Gasteiger partial charge is 0.0991 e. The van der Waals surface area contributed by atoms with Crippen molar-refractivity contribution in [2.24, 2.45) is 0 Å². The summed E-state index contributed by atoms with van der Waals surface area (Å²) < 4.78 is 0. The number of nitrogens with zero attached hydrogens (tertiary/aromatic N) is 1. The van der Waals surface area contributed by atoms with Gasteiger partial charge >= 0.3 is 0 Å². The molecule has 1 N–H and O–H groups in total. The van der Waals surface area contributed by atoms with Crippen LogP contribution < -0.4 is 5.32 Å². The lowest BCUT2D eigenvalue weighted by Gasteiger charge is -2.09. The van der Waals surface area contributed by atoms with E-state index in [-0.39, 0.29) is 0 Å². The number of nitrogens with one attached hydrogen (secondary N) is 1. The van der Waals surface area contributed by atoms with E-state index in [1.807, 2.05) is 24.3 Å². The van der Waals surface area contributed by atoms with Gasteiger partial charge in [-0.1, -0.05) is 78.9 Å². The summed E-state index contributed by atoms with van der Waals surface area (Å²) in [4.78, 5) is 0. The van der Waals surface area contributed by atoms with E-state index in [4.69, 9.17) is 5.26 Å². The zero-order chi connectivity index (χ0) is 18.7. The molecule has 0 aliphatic carbocycles. The maximum Gasteiger partial charge on any atom is 0.0991 e. The van der Waals surface area contributed by atoms with Crippen LogP contribution in [-0.2, 0) is 6.54 Å². The van der Waals surface area contributed by atoms with Crippen LogP contribution in [0.3, 0.4) is 0 Å². The molecule has 3 rings (SSSR count). The molecular weight excluding hydrogens is 328 g/mol. The van der Waals surface area contributed by atoms with Gasteiger partial charge in [-0.25, -0.2) is 0 Å². The molecule has 2 heteroatoms. The molecule has 3 aromatic rings. The van der Waals surface area contributed by atoms with Crippen LogP contribution in [0.2, 0.25) is 0 Å². The Morgan fingerprint density at radius 3 is 1.96 bits per heavy atom. The highest BCUT2D eigenvalue weighted by molar-refractivity contribution is 5.79. The summed E-state index contributed by atoms with van der Waals surface area (Å²) in [5, 5.41) is 12.3. The Labute approximate surface area is 161 Å². The van der Waals surface area contributed by atoms with E-state index < -0.39 is 0 Å². The second-order valence-corrected chi connectivity index (χ2v) is 6.48. The Bertz CT molecular complexity index is 847. The Morgan fingerprint density at radius 2 is 1.41 bits per heavy atom. The molecule has 0 aromatic heterocycles. The van der Waals surface area contributed by atoms with Gasteiger partial charge in [-0.3, -0.25) is 0 Å². The fourth-order valence-electron chi connectivity index (χ4n) is 3.04. The van der Waals surface area contributed by atoms with Crippen LogP contribution in [0, 0.1) is 11.3 Å². The molecule has 0 saturated carbocycles. The largest absolute Gasteiger partial charge is 0.313 e. The first-order valence-electron chi connectivity index (χ1n) is 9.37. The maximum atomic E-state index is 8.84. The third-order valence-corrected chi connectivity index (χ3v) is 4.49. The van der Waals surface area contributed by atoms with Gasteiger partial charge < -0.3 is 5.32 Å². The highest BCUT2D eigenvalue weighted by atomic mass is 14.8. The molecule has 0 fully saturated rings. The van der Waals surface area contributed by atoms with Crippen LogP contribution in [0.15, 0.2) is 91.0 Å². The minimum Gasteiger partial charge on any atom is -0.313 e. The molecule has 0 spiro atoms. The van der Waals surface area contributed by atoms with Crippen molar-refractivity contribution >= 4 is 5.57 Å². The van der Waals surface area contributed by atoms with E-state index in [0.717, 1.165) is 25.9 Å². The van der Waals surface area contributed by atoms with Gasteiger partial charge in [0.05, 0.1) is 11.6 Å². The lowest BCUT2D eigenvalue weighted by atomic mass is 9.96. The van der Waals surface area contributed by atoms with Gasteiger partial charge in [0.2, 0.25) is 0 Å². The van der Waals surface area contributed by atoms with E-state index in [1.165, 1.54) is 22.3 Å². The fourth-order valence-corrected chi connectivity index (χ4v) is 3.04. The minimum absolute atomic E-state index is 0.707. The van der Waals surface area contributed by atoms with Crippen molar-refractivity contribution in [2.45, 2.75) is 19.4 Å². The molecule has 0 heterocycles. The standard InChI is InChI=1S/C25H24N2/c26-19-21-14-16-22(17-15-21)20-27-18-8-7-13-25(23-9-3-1-4-10-23)24-11-5-2-6-12-24/h1-6,9-17,27H,7-8,18,20H2. The van der Waals surface area contributed by atoms with Crippen LogP contribution in [-0.4, -0.2) is 6.54 Å². The van der Waals surface area contributed by atoms with Gasteiger partial charge in [-0.2, -0.15) is 5.26 Å². The molecule has 0 aliphatic heterocycles. The van der Waals surface area contributed by atoms with Crippen molar-refractivity contribution in [2.75, 3.05) is 6.54 Å². The van der Waals surface area contributed by atoms with E-state index in [2.05, 4.69) is 78.1 Å². The van der Waals surface area contributed by atoms with E-state index in [1.54, 1.807) is 0 Å². The zero-order valence-corrected chi connectivity index (χ0v) is 15.4. The van der Waals surface area contributed by atoms with Gasteiger partial charge in [0, 0.05) is 6.54 Å². The van der Waals surface area contributed by atoms with Crippen molar-refractivity contribution in [3.63, 3.8) is 0 Å². The number of allylic oxidation sites excluding steroid dienone is 1. The van der Waals surface area contributed by atoms with Crippen molar-refractivity contribution in [3.05, 3.63) is 113 Å². The summed E-state index contributed by atoms with van der Waals surface area (Å²) in [6.45, 7) is 1.80. The number of nitriles is 1. The highest BCUT2D eigenvalue weighted by Crippen LogP contribution is 2.23. The molecule has 2 nitrogen and oxygen atoms in total. The number of rotatable bonds is 8. The molecular formula is C25H24N2. The van der Waals surface area contributed by atoms with Crippen LogP contribution >= 0.6 is 0 Å². The van der Waals surface area contributed by atoms with E-state index in [0.29, 0.717) is 5.56 Å². The van der Waals surface area contributed by atoms with E-state index in [9.17, 15) is 0 Å². The number of benzene rings is 3. The molecule has 134 valence electrons. The number of hydrogen-bond donors (Lipinski definition) is 1. The third-order valence-electron chi connectivity index (χ3n) is 4.49.